The van der Waals surface area contributed by atoms with E-state index >= 15 is 0 Å². The van der Waals surface area contributed by atoms with E-state index in [4.69, 9.17) is 0 Å². The molecule has 10 nitrogen and oxygen atoms in total. The molecule has 13 heteroatoms. The van der Waals surface area contributed by atoms with Crippen LogP contribution < -0.4 is 10.2 Å². The Morgan fingerprint density at radius 1 is 1.06 bits per heavy atom. The molecule has 1 amide bonds. The van der Waals surface area contributed by atoms with E-state index in [0.717, 1.165) is 32.4 Å². The van der Waals surface area contributed by atoms with Crippen LogP contribution in [-0.2, 0) is 26.3 Å². The van der Waals surface area contributed by atoms with Crippen molar-refractivity contribution in [1.82, 2.24) is 24.6 Å². The largest absolute Gasteiger partial charge is 0.416 e. The quantitative estimate of drug-likeness (QED) is 0.235. The summed E-state index contributed by atoms with van der Waals surface area (Å²) in [4.78, 5) is 22.1. The van der Waals surface area contributed by atoms with E-state index < -0.39 is 17.6 Å². The number of aryl methyl sites for hydroxylation is 1. The Bertz CT molecular complexity index is 2020. The van der Waals surface area contributed by atoms with Gasteiger partial charge < -0.3 is 9.88 Å². The first-order valence-corrected chi connectivity index (χ1v) is 15.8. The summed E-state index contributed by atoms with van der Waals surface area (Å²) in [7, 11) is 1.78. The molecule has 1 saturated heterocycles. The molecule has 1 saturated carbocycles. The van der Waals surface area contributed by atoms with Gasteiger partial charge in [0.2, 0.25) is 0 Å². The normalized spacial score (nSPS) is 17.3. The number of nitrogens with one attached hydrogen (secondary N) is 1. The highest BCUT2D eigenvalue weighted by molar-refractivity contribution is 6.10. The SMILES string of the molecule is C[C@H](CC#N)Nc1cc(-c2cc(C#N)ccc2-c2nncn2C)cc(N2Cc3c(cc(CN4CCC5(CC5)C4)cc3C(F)(F)F)C2=O)n1. The molecule has 7 rings (SSSR count). The number of amides is 1. The minimum absolute atomic E-state index is 0.0194. The molecule has 1 atom stereocenters. The van der Waals surface area contributed by atoms with Crippen molar-refractivity contribution < 1.29 is 18.0 Å². The van der Waals surface area contributed by atoms with Gasteiger partial charge in [0.1, 0.15) is 18.0 Å². The van der Waals surface area contributed by atoms with E-state index in [0.29, 0.717) is 51.4 Å². The first kappa shape index (κ1) is 31.3. The van der Waals surface area contributed by atoms with Crippen molar-refractivity contribution >= 4 is 17.5 Å². The zero-order chi connectivity index (χ0) is 33.8. The summed E-state index contributed by atoms with van der Waals surface area (Å²) in [6, 6.07) is 15.2. The lowest BCUT2D eigenvalue weighted by atomic mass is 9.97. The van der Waals surface area contributed by atoms with Crippen LogP contribution in [0.5, 0.6) is 0 Å². The molecule has 244 valence electrons. The Hall–Kier alpha value is -5.27. The van der Waals surface area contributed by atoms with Crippen LogP contribution in [0.1, 0.15) is 65.2 Å². The third-order valence-corrected chi connectivity index (χ3v) is 9.58. The first-order valence-electron chi connectivity index (χ1n) is 15.8. The maximum atomic E-state index is 14.5. The van der Waals surface area contributed by atoms with Crippen molar-refractivity contribution in [2.75, 3.05) is 23.3 Å². The number of carbonyl (C=O) groups excluding carboxylic acids is 1. The number of hydrogen-bond donors (Lipinski definition) is 1. The zero-order valence-corrected chi connectivity index (χ0v) is 26.5. The number of nitriles is 2. The Balaban J connectivity index is 1.31. The highest BCUT2D eigenvalue weighted by Crippen LogP contribution is 2.53. The number of pyridine rings is 1. The van der Waals surface area contributed by atoms with E-state index in [1.54, 1.807) is 61.3 Å². The molecule has 0 unspecified atom stereocenters. The van der Waals surface area contributed by atoms with Gasteiger partial charge in [-0.05, 0) is 103 Å². The molecule has 0 radical (unpaired) electrons. The van der Waals surface area contributed by atoms with E-state index in [1.165, 1.54) is 11.0 Å². The Morgan fingerprint density at radius 3 is 2.54 bits per heavy atom. The van der Waals surface area contributed by atoms with E-state index in [2.05, 4.69) is 37.5 Å². The number of aromatic nitrogens is 4. The number of benzene rings is 2. The number of nitrogens with zero attached hydrogens (tertiary/aromatic N) is 8. The lowest BCUT2D eigenvalue weighted by Gasteiger charge is -2.20. The van der Waals surface area contributed by atoms with Gasteiger partial charge in [-0.1, -0.05) is 0 Å². The molecular formula is C35H32F3N9O. The van der Waals surface area contributed by atoms with Gasteiger partial charge in [-0.2, -0.15) is 23.7 Å². The van der Waals surface area contributed by atoms with E-state index in [1.807, 2.05) is 0 Å². The van der Waals surface area contributed by atoms with E-state index in [-0.39, 0.29) is 36.0 Å². The maximum Gasteiger partial charge on any atom is 0.416 e. The van der Waals surface area contributed by atoms with Crippen LogP contribution in [0.3, 0.4) is 0 Å². The Morgan fingerprint density at radius 2 is 1.88 bits per heavy atom. The molecule has 4 aromatic rings. The number of rotatable bonds is 8. The molecule has 48 heavy (non-hydrogen) atoms. The second kappa shape index (κ2) is 11.8. The standard InChI is InChI=1S/C35H32F3N9O/c1-21(5-9-39)42-30-14-24(26-11-22(16-40)3-4-25(26)32-44-41-20-45(32)2)15-31(43-30)47-18-28-27(33(47)48)12-23(13-29(28)35(36,37)38)17-46-10-8-34(19-46)6-7-34/h3-4,11-15,20-21H,5-8,10,17-19H2,1-2H3,(H,42,43)/t21-/m1/s1. The Kier molecular flexibility index (Phi) is 7.68. The van der Waals surface area contributed by atoms with Crippen LogP contribution in [0.4, 0.5) is 24.8 Å². The van der Waals surface area contributed by atoms with Gasteiger partial charge in [0.05, 0.1) is 36.2 Å². The summed E-state index contributed by atoms with van der Waals surface area (Å²) >= 11 is 0. The first-order chi connectivity index (χ1) is 23.0. The average molecular weight is 652 g/mol. The molecular weight excluding hydrogens is 619 g/mol. The summed E-state index contributed by atoms with van der Waals surface area (Å²) in [6.45, 7) is 3.54. The second-order valence-electron chi connectivity index (χ2n) is 13.2. The van der Waals surface area contributed by atoms with Gasteiger partial charge in [-0.3, -0.25) is 14.6 Å². The highest BCUT2D eigenvalue weighted by Gasteiger charge is 2.48. The molecule has 2 aliphatic heterocycles. The molecule has 2 fully saturated rings. The maximum absolute atomic E-state index is 14.5. The topological polar surface area (TPSA) is 127 Å². The number of anilines is 2. The fraction of sp³-hybridized carbons (Fsp3) is 0.371. The van der Waals surface area contributed by atoms with Gasteiger partial charge in [-0.25, -0.2) is 4.98 Å². The molecule has 3 aliphatic rings. The lowest BCUT2D eigenvalue weighted by Crippen LogP contribution is -2.25. The molecule has 1 aliphatic carbocycles. The summed E-state index contributed by atoms with van der Waals surface area (Å²) < 4.78 is 45.3. The van der Waals surface area contributed by atoms with Crippen molar-refractivity contribution in [3.05, 3.63) is 76.6 Å². The smallest absolute Gasteiger partial charge is 0.366 e. The predicted molar refractivity (Wildman–Crippen MR) is 171 cm³/mol. The third kappa shape index (κ3) is 5.86. The second-order valence-corrected chi connectivity index (χ2v) is 13.2. The highest BCUT2D eigenvalue weighted by atomic mass is 19.4. The number of hydrogen-bond acceptors (Lipinski definition) is 8. The Labute approximate surface area is 275 Å². The van der Waals surface area contributed by atoms with Crippen LogP contribution in [0.25, 0.3) is 22.5 Å². The van der Waals surface area contributed by atoms with Gasteiger partial charge in [0.25, 0.3) is 5.91 Å². The number of fused-ring (bicyclic) bond motifs is 1. The fourth-order valence-corrected chi connectivity index (χ4v) is 6.90. The van der Waals surface area contributed by atoms with Gasteiger partial charge in [0, 0.05) is 37.3 Å². The number of likely N-dealkylation sites (tertiary alicyclic amines) is 1. The average Bonchev–Trinajstić information content (AvgIpc) is 3.31. The molecule has 4 heterocycles. The lowest BCUT2D eigenvalue weighted by molar-refractivity contribution is -0.138. The summed E-state index contributed by atoms with van der Waals surface area (Å²) in [6.07, 6.45) is 0.432. The van der Waals surface area contributed by atoms with Crippen LogP contribution in [-0.4, -0.2) is 49.7 Å². The minimum Gasteiger partial charge on any atom is -0.366 e. The van der Waals surface area contributed by atoms with Crippen molar-refractivity contribution in [2.45, 2.75) is 57.9 Å². The van der Waals surface area contributed by atoms with Crippen molar-refractivity contribution in [3.63, 3.8) is 0 Å². The van der Waals surface area contributed by atoms with Crippen LogP contribution in [0.15, 0.2) is 48.8 Å². The molecule has 2 aromatic carbocycles. The summed E-state index contributed by atoms with van der Waals surface area (Å²) in [5.41, 5.74) is 2.07. The van der Waals surface area contributed by atoms with E-state index in [9.17, 15) is 28.5 Å². The molecule has 1 N–H and O–H groups in total. The van der Waals surface area contributed by atoms with Gasteiger partial charge >= 0.3 is 6.18 Å². The predicted octanol–water partition coefficient (Wildman–Crippen LogP) is 6.29. The third-order valence-electron chi connectivity index (χ3n) is 9.58. The summed E-state index contributed by atoms with van der Waals surface area (Å²) in [5.74, 6) is 0.409. The molecule has 0 bridgehead atoms. The van der Waals surface area contributed by atoms with Crippen LogP contribution in [0.2, 0.25) is 0 Å². The number of carbonyl (C=O) groups is 1. The van der Waals surface area contributed by atoms with Gasteiger partial charge in [-0.15, -0.1) is 10.2 Å². The number of halogens is 3. The van der Waals surface area contributed by atoms with Crippen molar-refractivity contribution in [1.29, 1.82) is 10.5 Å². The minimum atomic E-state index is -4.66. The summed E-state index contributed by atoms with van der Waals surface area (Å²) in [5, 5.41) is 30.4. The zero-order valence-electron chi connectivity index (χ0n) is 26.5. The monoisotopic (exact) mass is 651 g/mol. The van der Waals surface area contributed by atoms with Crippen LogP contribution >= 0.6 is 0 Å². The van der Waals surface area contributed by atoms with Gasteiger partial charge in [0.15, 0.2) is 5.82 Å². The van der Waals surface area contributed by atoms with Crippen molar-refractivity contribution in [2.24, 2.45) is 12.5 Å². The van der Waals surface area contributed by atoms with Crippen molar-refractivity contribution in [3.8, 4) is 34.7 Å². The fourth-order valence-electron chi connectivity index (χ4n) is 6.90. The molecule has 1 spiro atoms. The number of alkyl halides is 3. The van der Waals surface area contributed by atoms with Crippen LogP contribution in [0, 0.1) is 28.1 Å². The molecule has 2 aromatic heterocycles.